The third-order valence-corrected chi connectivity index (χ3v) is 3.31. The van der Waals surface area contributed by atoms with Crippen LogP contribution in [0.25, 0.3) is 0 Å². The Morgan fingerprint density at radius 2 is 1.88 bits per heavy atom. The van der Waals surface area contributed by atoms with Gasteiger partial charge < -0.3 is 10.6 Å². The van der Waals surface area contributed by atoms with Crippen LogP contribution in [0.2, 0.25) is 0 Å². The van der Waals surface area contributed by atoms with Crippen LogP contribution in [-0.4, -0.2) is 29.9 Å². The maximum atomic E-state index is 11.8. The molecule has 0 unspecified atom stereocenters. The summed E-state index contributed by atoms with van der Waals surface area (Å²) in [6.07, 6.45) is 1.90. The second-order valence-electron chi connectivity index (χ2n) is 4.57. The van der Waals surface area contributed by atoms with Crippen LogP contribution in [0.4, 0.5) is 0 Å². The van der Waals surface area contributed by atoms with E-state index in [2.05, 4.69) is 24.3 Å². The van der Waals surface area contributed by atoms with Crippen molar-refractivity contribution in [1.29, 1.82) is 0 Å². The van der Waals surface area contributed by atoms with Crippen LogP contribution < -0.4 is 5.73 Å². The summed E-state index contributed by atoms with van der Waals surface area (Å²) in [5.74, 6) is 0.0257. The van der Waals surface area contributed by atoms with Crippen LogP contribution in [0.1, 0.15) is 18.1 Å². The van der Waals surface area contributed by atoms with Gasteiger partial charge in [-0.2, -0.15) is 0 Å². The lowest BCUT2D eigenvalue weighted by molar-refractivity contribution is -0.132. The smallest absolute Gasteiger partial charge is 0.239 e. The third-order valence-electron chi connectivity index (χ3n) is 3.31. The minimum Gasteiger partial charge on any atom is -0.341 e. The van der Waals surface area contributed by atoms with Crippen LogP contribution >= 0.6 is 0 Å². The first-order chi connectivity index (χ1) is 7.59. The van der Waals surface area contributed by atoms with Crippen molar-refractivity contribution < 1.29 is 4.79 Å². The highest BCUT2D eigenvalue weighted by molar-refractivity contribution is 5.81. The molecule has 1 aliphatic carbocycles. The van der Waals surface area contributed by atoms with Crippen molar-refractivity contribution in [1.82, 2.24) is 4.90 Å². The second kappa shape index (κ2) is 4.26. The van der Waals surface area contributed by atoms with E-state index in [4.69, 9.17) is 5.73 Å². The number of hydrogen-bond acceptors (Lipinski definition) is 2. The van der Waals surface area contributed by atoms with Crippen molar-refractivity contribution in [2.45, 2.75) is 31.8 Å². The van der Waals surface area contributed by atoms with Crippen molar-refractivity contribution in [3.63, 3.8) is 0 Å². The minimum atomic E-state index is -0.409. The molecule has 0 aromatic heterocycles. The van der Waals surface area contributed by atoms with Gasteiger partial charge in [-0.15, -0.1) is 0 Å². The summed E-state index contributed by atoms with van der Waals surface area (Å²) in [5, 5.41) is 0. The van der Waals surface area contributed by atoms with Gasteiger partial charge in [-0.25, -0.2) is 0 Å². The standard InChI is InChI=1S/C13H18N2O/c1-9(14)13(16)15(2)12-7-10-5-3-4-6-11(10)8-12/h3-6,9,12H,7-8,14H2,1-2H3/t9-/m0/s1. The number of carbonyl (C=O) groups excluding carboxylic acids is 1. The van der Waals surface area contributed by atoms with Gasteiger partial charge in [0.05, 0.1) is 6.04 Å². The lowest BCUT2D eigenvalue weighted by Crippen LogP contribution is -2.45. The van der Waals surface area contributed by atoms with Gasteiger partial charge >= 0.3 is 0 Å². The molecule has 0 bridgehead atoms. The molecule has 0 saturated heterocycles. The van der Waals surface area contributed by atoms with Crippen molar-refractivity contribution in [2.75, 3.05) is 7.05 Å². The van der Waals surface area contributed by atoms with Crippen LogP contribution in [0.3, 0.4) is 0 Å². The third kappa shape index (κ3) is 1.95. The number of rotatable bonds is 2. The number of amides is 1. The summed E-state index contributed by atoms with van der Waals surface area (Å²) in [6.45, 7) is 1.74. The van der Waals surface area contributed by atoms with E-state index in [1.54, 1.807) is 11.8 Å². The molecule has 0 aliphatic heterocycles. The van der Waals surface area contributed by atoms with Crippen molar-refractivity contribution in [3.05, 3.63) is 35.4 Å². The van der Waals surface area contributed by atoms with Gasteiger partial charge in [-0.05, 0) is 30.9 Å². The molecule has 1 amide bonds. The normalized spacial score (nSPS) is 16.9. The molecule has 0 spiro atoms. The quantitative estimate of drug-likeness (QED) is 0.803. The zero-order valence-electron chi connectivity index (χ0n) is 9.81. The Bertz CT molecular complexity index is 376. The first kappa shape index (κ1) is 11.1. The van der Waals surface area contributed by atoms with E-state index >= 15 is 0 Å². The number of nitrogens with two attached hydrogens (primary N) is 1. The van der Waals surface area contributed by atoms with E-state index < -0.39 is 6.04 Å². The summed E-state index contributed by atoms with van der Waals surface area (Å²) in [5.41, 5.74) is 8.33. The Kier molecular flexibility index (Phi) is 2.97. The van der Waals surface area contributed by atoms with E-state index in [9.17, 15) is 4.79 Å². The molecule has 2 rings (SSSR count). The number of nitrogens with zero attached hydrogens (tertiary/aromatic N) is 1. The lowest BCUT2D eigenvalue weighted by atomic mass is 10.1. The molecule has 16 heavy (non-hydrogen) atoms. The van der Waals surface area contributed by atoms with E-state index in [0.717, 1.165) is 12.8 Å². The van der Waals surface area contributed by atoms with Crippen LogP contribution in [0.15, 0.2) is 24.3 Å². The molecule has 1 aromatic rings. The van der Waals surface area contributed by atoms with Gasteiger partial charge in [0.15, 0.2) is 0 Å². The number of hydrogen-bond donors (Lipinski definition) is 1. The number of fused-ring (bicyclic) bond motifs is 1. The number of benzene rings is 1. The highest BCUT2D eigenvalue weighted by Crippen LogP contribution is 2.24. The zero-order valence-corrected chi connectivity index (χ0v) is 9.81. The molecule has 3 heteroatoms. The number of likely N-dealkylation sites (N-methyl/N-ethyl adjacent to an activating group) is 1. The predicted molar refractivity (Wildman–Crippen MR) is 64.1 cm³/mol. The average Bonchev–Trinajstić information content (AvgIpc) is 2.70. The maximum Gasteiger partial charge on any atom is 0.239 e. The molecule has 0 radical (unpaired) electrons. The van der Waals surface area contributed by atoms with Crippen molar-refractivity contribution in [2.24, 2.45) is 5.73 Å². The largest absolute Gasteiger partial charge is 0.341 e. The minimum absolute atomic E-state index is 0.0257. The first-order valence-electron chi connectivity index (χ1n) is 5.68. The number of carbonyl (C=O) groups is 1. The fourth-order valence-corrected chi connectivity index (χ4v) is 2.31. The summed E-state index contributed by atoms with van der Waals surface area (Å²) in [7, 11) is 1.85. The highest BCUT2D eigenvalue weighted by Gasteiger charge is 2.28. The maximum absolute atomic E-state index is 11.8. The molecule has 86 valence electrons. The Balaban J connectivity index is 2.09. The summed E-state index contributed by atoms with van der Waals surface area (Å²) < 4.78 is 0. The Morgan fingerprint density at radius 1 is 1.38 bits per heavy atom. The van der Waals surface area contributed by atoms with Crippen molar-refractivity contribution >= 4 is 5.91 Å². The molecule has 0 heterocycles. The van der Waals surface area contributed by atoms with Crippen molar-refractivity contribution in [3.8, 4) is 0 Å². The second-order valence-corrected chi connectivity index (χ2v) is 4.57. The highest BCUT2D eigenvalue weighted by atomic mass is 16.2. The van der Waals surface area contributed by atoms with Gasteiger partial charge in [0.2, 0.25) is 5.91 Å². The Hall–Kier alpha value is -1.35. The molecule has 0 saturated carbocycles. The van der Waals surface area contributed by atoms with E-state index in [0.29, 0.717) is 0 Å². The summed E-state index contributed by atoms with van der Waals surface area (Å²) >= 11 is 0. The molecular weight excluding hydrogens is 200 g/mol. The average molecular weight is 218 g/mol. The summed E-state index contributed by atoms with van der Waals surface area (Å²) in [6, 6.07) is 8.24. The predicted octanol–water partition coefficient (Wildman–Crippen LogP) is 0.959. The molecule has 0 fully saturated rings. The van der Waals surface area contributed by atoms with E-state index in [-0.39, 0.29) is 11.9 Å². The molecule has 1 atom stereocenters. The molecular formula is C13H18N2O. The molecule has 1 aliphatic rings. The van der Waals surface area contributed by atoms with Gasteiger partial charge in [0.1, 0.15) is 0 Å². The van der Waals surface area contributed by atoms with Gasteiger partial charge in [-0.1, -0.05) is 24.3 Å². The molecule has 1 aromatic carbocycles. The fourth-order valence-electron chi connectivity index (χ4n) is 2.31. The Labute approximate surface area is 96.2 Å². The fraction of sp³-hybridized carbons (Fsp3) is 0.462. The summed E-state index contributed by atoms with van der Waals surface area (Å²) in [4.78, 5) is 13.6. The van der Waals surface area contributed by atoms with E-state index in [1.165, 1.54) is 11.1 Å². The Morgan fingerprint density at radius 3 is 2.31 bits per heavy atom. The first-order valence-corrected chi connectivity index (χ1v) is 5.68. The monoisotopic (exact) mass is 218 g/mol. The van der Waals surface area contributed by atoms with Crippen LogP contribution in [0, 0.1) is 0 Å². The zero-order chi connectivity index (χ0) is 11.7. The van der Waals surface area contributed by atoms with Crippen LogP contribution in [-0.2, 0) is 17.6 Å². The van der Waals surface area contributed by atoms with E-state index in [1.807, 2.05) is 7.05 Å². The van der Waals surface area contributed by atoms with Gasteiger partial charge in [-0.3, -0.25) is 4.79 Å². The lowest BCUT2D eigenvalue weighted by Gasteiger charge is -2.25. The van der Waals surface area contributed by atoms with Gasteiger partial charge in [0, 0.05) is 13.1 Å². The SMILES string of the molecule is C[C@H](N)C(=O)N(C)C1Cc2ccccc2C1. The van der Waals surface area contributed by atoms with Crippen LogP contribution in [0.5, 0.6) is 0 Å². The van der Waals surface area contributed by atoms with Gasteiger partial charge in [0.25, 0.3) is 0 Å². The topological polar surface area (TPSA) is 46.3 Å². The molecule has 3 nitrogen and oxygen atoms in total. The molecule has 2 N–H and O–H groups in total.